The van der Waals surface area contributed by atoms with Crippen LogP contribution in [0.25, 0.3) is 0 Å². The van der Waals surface area contributed by atoms with E-state index in [1.165, 1.54) is 0 Å². The fourth-order valence-electron chi connectivity index (χ4n) is 1.02. The third-order valence-corrected chi connectivity index (χ3v) is 1.52. The van der Waals surface area contributed by atoms with Crippen LogP contribution in [0.4, 0.5) is 0 Å². The number of ether oxygens (including phenoxy) is 1. The monoisotopic (exact) mass is 162 g/mol. The second-order valence-electron chi connectivity index (χ2n) is 2.33. The molecule has 0 radical (unpaired) electrons. The van der Waals surface area contributed by atoms with Crippen LogP contribution >= 0.6 is 0 Å². The largest absolute Gasteiger partial charge is 0.394 e. The Balaban J connectivity index is 0. The minimum atomic E-state index is 0. The summed E-state index contributed by atoms with van der Waals surface area (Å²) in [5.41, 5.74) is 0. The van der Waals surface area contributed by atoms with Crippen molar-refractivity contribution in [2.45, 2.75) is 53.2 Å². The fourth-order valence-corrected chi connectivity index (χ4v) is 1.02. The molecule has 1 saturated heterocycles. The Morgan fingerprint density at radius 2 is 1.91 bits per heavy atom. The first-order chi connectivity index (χ1) is 4.83. The van der Waals surface area contributed by atoms with Crippen molar-refractivity contribution in [3.8, 4) is 0 Å². The van der Waals surface area contributed by atoms with Crippen molar-refractivity contribution in [3.63, 3.8) is 0 Å². The third-order valence-electron chi connectivity index (χ3n) is 1.52. The van der Waals surface area contributed by atoms with E-state index in [0.717, 1.165) is 12.8 Å². The van der Waals surface area contributed by atoms with Crippen molar-refractivity contribution in [2.24, 2.45) is 0 Å². The lowest BCUT2D eigenvalue weighted by atomic mass is 10.2. The van der Waals surface area contributed by atoms with Gasteiger partial charge in [0.15, 0.2) is 0 Å². The van der Waals surface area contributed by atoms with E-state index in [2.05, 4.69) is 0 Å². The normalized spacial score (nSPS) is 28.4. The topological polar surface area (TPSA) is 29.5 Å². The molecule has 0 spiro atoms. The lowest BCUT2D eigenvalue weighted by Gasteiger charge is -2.05. The van der Waals surface area contributed by atoms with Crippen molar-refractivity contribution in [1.82, 2.24) is 0 Å². The van der Waals surface area contributed by atoms with Crippen molar-refractivity contribution in [3.05, 3.63) is 0 Å². The van der Waals surface area contributed by atoms with Crippen LogP contribution in [0.3, 0.4) is 0 Å². The van der Waals surface area contributed by atoms with Gasteiger partial charge in [-0.1, -0.05) is 21.3 Å². The van der Waals surface area contributed by atoms with E-state index in [1.54, 1.807) is 0 Å². The van der Waals surface area contributed by atoms with Gasteiger partial charge >= 0.3 is 0 Å². The fraction of sp³-hybridized carbons (Fsp3) is 1.00. The molecule has 2 unspecified atom stereocenters. The molecule has 0 saturated carbocycles. The van der Waals surface area contributed by atoms with E-state index >= 15 is 0 Å². The van der Waals surface area contributed by atoms with Gasteiger partial charge in [-0.3, -0.25) is 0 Å². The third kappa shape index (κ3) is 5.22. The molecule has 1 N–H and O–H groups in total. The average molecular weight is 162 g/mol. The quantitative estimate of drug-likeness (QED) is 0.640. The van der Waals surface area contributed by atoms with Gasteiger partial charge in [0.05, 0.1) is 18.8 Å². The molecule has 0 amide bonds. The van der Waals surface area contributed by atoms with E-state index in [1.807, 2.05) is 20.8 Å². The zero-order valence-corrected chi connectivity index (χ0v) is 7.13. The molecule has 2 atom stereocenters. The van der Waals surface area contributed by atoms with Crippen LogP contribution in [0.2, 0.25) is 0 Å². The molecular formula is C9H22O2. The summed E-state index contributed by atoms with van der Waals surface area (Å²) in [5, 5.41) is 8.56. The number of aliphatic hydroxyl groups excluding tert-OH is 1. The highest BCUT2D eigenvalue weighted by atomic mass is 16.5. The summed E-state index contributed by atoms with van der Waals surface area (Å²) in [6.07, 6.45) is 2.63. The summed E-state index contributed by atoms with van der Waals surface area (Å²) in [4.78, 5) is 0. The van der Waals surface area contributed by atoms with E-state index < -0.39 is 0 Å². The Morgan fingerprint density at radius 1 is 1.36 bits per heavy atom. The number of hydrogen-bond acceptors (Lipinski definition) is 2. The molecule has 2 heteroatoms. The maximum absolute atomic E-state index is 8.56. The van der Waals surface area contributed by atoms with Crippen molar-refractivity contribution >= 4 is 0 Å². The molecule has 1 aliphatic rings. The Morgan fingerprint density at radius 3 is 2.09 bits per heavy atom. The van der Waals surface area contributed by atoms with Crippen LogP contribution in [0.15, 0.2) is 0 Å². The van der Waals surface area contributed by atoms with Gasteiger partial charge in [0.2, 0.25) is 0 Å². The van der Waals surface area contributed by atoms with Crippen LogP contribution in [0.5, 0.6) is 0 Å². The minimum absolute atomic E-state index is 0. The van der Waals surface area contributed by atoms with Gasteiger partial charge in [0.1, 0.15) is 0 Å². The molecule has 2 nitrogen and oxygen atoms in total. The molecule has 0 aromatic carbocycles. The van der Waals surface area contributed by atoms with Crippen LogP contribution in [-0.4, -0.2) is 23.9 Å². The highest BCUT2D eigenvalue weighted by Crippen LogP contribution is 2.17. The van der Waals surface area contributed by atoms with Gasteiger partial charge in [-0.25, -0.2) is 0 Å². The summed E-state index contributed by atoms with van der Waals surface area (Å²) in [7, 11) is 0. The van der Waals surface area contributed by atoms with Crippen molar-refractivity contribution in [1.29, 1.82) is 0 Å². The summed E-state index contributed by atoms with van der Waals surface area (Å²) >= 11 is 0. The first kappa shape index (κ1) is 13.5. The van der Waals surface area contributed by atoms with Gasteiger partial charge in [0.25, 0.3) is 0 Å². The predicted molar refractivity (Wildman–Crippen MR) is 48.7 cm³/mol. The van der Waals surface area contributed by atoms with E-state index in [0.29, 0.717) is 6.10 Å². The van der Waals surface area contributed by atoms with E-state index in [4.69, 9.17) is 9.84 Å². The predicted octanol–water partition coefficient (Wildman–Crippen LogP) is 2.21. The van der Waals surface area contributed by atoms with Crippen LogP contribution in [-0.2, 0) is 4.74 Å². The molecule has 1 heterocycles. The summed E-state index contributed by atoms with van der Waals surface area (Å²) in [6.45, 7) is 6.22. The van der Waals surface area contributed by atoms with Gasteiger partial charge < -0.3 is 9.84 Å². The van der Waals surface area contributed by atoms with Gasteiger partial charge in [-0.05, 0) is 19.8 Å². The average Bonchev–Trinajstić information content (AvgIpc) is 2.40. The summed E-state index contributed by atoms with van der Waals surface area (Å²) in [5.74, 6) is 0. The maximum Gasteiger partial charge on any atom is 0.0810 e. The Labute approximate surface area is 70.6 Å². The lowest BCUT2D eigenvalue weighted by molar-refractivity contribution is 0.0198. The molecule has 0 bridgehead atoms. The smallest absolute Gasteiger partial charge is 0.0810 e. The van der Waals surface area contributed by atoms with E-state index in [-0.39, 0.29) is 20.1 Å². The number of rotatable bonds is 1. The number of aliphatic hydroxyl groups is 1. The second-order valence-corrected chi connectivity index (χ2v) is 2.33. The minimum Gasteiger partial charge on any atom is -0.394 e. The molecule has 70 valence electrons. The molecule has 1 fully saturated rings. The molecule has 11 heavy (non-hydrogen) atoms. The van der Waals surface area contributed by atoms with Crippen molar-refractivity contribution in [2.75, 3.05) is 6.61 Å². The highest BCUT2D eigenvalue weighted by Gasteiger charge is 2.19. The van der Waals surface area contributed by atoms with E-state index in [9.17, 15) is 0 Å². The zero-order valence-electron chi connectivity index (χ0n) is 7.13. The SMILES string of the molecule is C.CC.CC1CCC(CO)O1. The molecular weight excluding hydrogens is 140 g/mol. The first-order valence-electron chi connectivity index (χ1n) is 4.09. The van der Waals surface area contributed by atoms with Gasteiger partial charge in [0, 0.05) is 0 Å². The second kappa shape index (κ2) is 8.02. The highest BCUT2D eigenvalue weighted by molar-refractivity contribution is 4.68. The molecule has 0 aromatic rings. The standard InChI is InChI=1S/C6H12O2.C2H6.CH4/c1-5-2-3-6(4-7)8-5;1-2;/h5-7H,2-4H2,1H3;1-2H3;1H4. The number of hydrogen-bond donors (Lipinski definition) is 1. The Kier molecular flexibility index (Phi) is 9.85. The van der Waals surface area contributed by atoms with Gasteiger partial charge in [-0.15, -0.1) is 0 Å². The van der Waals surface area contributed by atoms with Crippen LogP contribution < -0.4 is 0 Å². The Hall–Kier alpha value is -0.0800. The van der Waals surface area contributed by atoms with Crippen molar-refractivity contribution < 1.29 is 9.84 Å². The molecule has 1 rings (SSSR count). The van der Waals surface area contributed by atoms with Crippen LogP contribution in [0, 0.1) is 0 Å². The summed E-state index contributed by atoms with van der Waals surface area (Å²) in [6, 6.07) is 0. The lowest BCUT2D eigenvalue weighted by Crippen LogP contribution is -2.11. The molecule has 0 aliphatic carbocycles. The first-order valence-corrected chi connectivity index (χ1v) is 4.09. The molecule has 1 aliphatic heterocycles. The zero-order chi connectivity index (χ0) is 7.98. The molecule has 0 aromatic heterocycles. The van der Waals surface area contributed by atoms with Crippen LogP contribution in [0.1, 0.15) is 41.0 Å². The Bertz CT molecular complexity index is 74.0. The van der Waals surface area contributed by atoms with Gasteiger partial charge in [-0.2, -0.15) is 0 Å². The summed E-state index contributed by atoms with van der Waals surface area (Å²) < 4.78 is 5.26. The maximum atomic E-state index is 8.56.